The van der Waals surface area contributed by atoms with Gasteiger partial charge < -0.3 is 9.13 Å². The fraction of sp³-hybridized carbons (Fsp3) is 0.583. The lowest BCUT2D eigenvalue weighted by Crippen LogP contribution is -2.28. The van der Waals surface area contributed by atoms with Gasteiger partial charge in [-0.3, -0.25) is 4.31 Å². The summed E-state index contributed by atoms with van der Waals surface area (Å²) in [6.45, 7) is 9.33. The Morgan fingerprint density at radius 3 is 2.44 bits per heavy atom. The first-order valence-electron chi connectivity index (χ1n) is 11.5. The molecular weight excluding hydrogens is 422 g/mol. The lowest BCUT2D eigenvalue weighted by Gasteiger charge is -2.26. The molecule has 1 saturated carbocycles. The highest BCUT2D eigenvalue weighted by Crippen LogP contribution is 2.33. The Hall–Kier alpha value is -2.35. The number of aryl methyl sites for hydroxylation is 1. The van der Waals surface area contributed by atoms with Crippen LogP contribution in [0.5, 0.6) is 0 Å². The Labute approximate surface area is 191 Å². The van der Waals surface area contributed by atoms with Gasteiger partial charge >= 0.3 is 0 Å². The Balaban J connectivity index is 1.75. The van der Waals surface area contributed by atoms with Crippen molar-refractivity contribution in [1.82, 2.24) is 19.1 Å². The molecule has 32 heavy (non-hydrogen) atoms. The molecule has 0 aliphatic heterocycles. The van der Waals surface area contributed by atoms with Crippen LogP contribution in [-0.2, 0) is 29.0 Å². The van der Waals surface area contributed by atoms with E-state index in [-0.39, 0.29) is 10.4 Å². The minimum absolute atomic E-state index is 0.0991. The summed E-state index contributed by atoms with van der Waals surface area (Å²) in [7, 11) is -0.423. The molecule has 1 aromatic carbocycles. The number of anilines is 1. The van der Waals surface area contributed by atoms with Crippen molar-refractivity contribution < 1.29 is 8.42 Å². The molecule has 0 saturated heterocycles. The minimum Gasteiger partial charge on any atom is -0.327 e. The van der Waals surface area contributed by atoms with Gasteiger partial charge in [0.15, 0.2) is 5.03 Å². The first kappa shape index (κ1) is 22.8. The average Bonchev–Trinajstić information content (AvgIpc) is 3.28. The van der Waals surface area contributed by atoms with Crippen LogP contribution < -0.4 is 4.31 Å². The van der Waals surface area contributed by atoms with Crippen LogP contribution in [0.2, 0.25) is 0 Å². The van der Waals surface area contributed by atoms with Gasteiger partial charge in [0.1, 0.15) is 11.6 Å². The molecule has 0 unspecified atom stereocenters. The number of benzene rings is 1. The van der Waals surface area contributed by atoms with E-state index in [9.17, 15) is 8.42 Å². The lowest BCUT2D eigenvalue weighted by molar-refractivity contribution is 0.313. The third-order valence-electron chi connectivity index (χ3n) is 6.73. The Morgan fingerprint density at radius 2 is 1.84 bits per heavy atom. The Morgan fingerprint density at radius 1 is 1.16 bits per heavy atom. The van der Waals surface area contributed by atoms with E-state index in [1.165, 1.54) is 42.6 Å². The van der Waals surface area contributed by atoms with Crippen LogP contribution >= 0.6 is 0 Å². The summed E-state index contributed by atoms with van der Waals surface area (Å²) in [5.41, 5.74) is 2.41. The van der Waals surface area contributed by atoms with Crippen molar-refractivity contribution in [3.8, 4) is 0 Å². The molecule has 1 aliphatic rings. The van der Waals surface area contributed by atoms with Gasteiger partial charge in [-0.25, -0.2) is 9.97 Å². The third kappa shape index (κ3) is 4.05. The summed E-state index contributed by atoms with van der Waals surface area (Å²) >= 11 is 0. The van der Waals surface area contributed by atoms with Crippen LogP contribution in [-0.4, -0.2) is 34.6 Å². The smallest absolute Gasteiger partial charge is 0.281 e. The van der Waals surface area contributed by atoms with Crippen molar-refractivity contribution in [2.75, 3.05) is 11.4 Å². The molecule has 1 fully saturated rings. The maximum absolute atomic E-state index is 13.2. The Kier molecular flexibility index (Phi) is 5.86. The van der Waals surface area contributed by atoms with Crippen molar-refractivity contribution in [1.29, 1.82) is 0 Å². The predicted molar refractivity (Wildman–Crippen MR) is 129 cm³/mol. The fourth-order valence-corrected chi connectivity index (χ4v) is 6.04. The summed E-state index contributed by atoms with van der Waals surface area (Å²) in [4.78, 5) is 9.14. The number of nitrogens with zero attached hydrogens (tertiary/aromatic N) is 5. The second-order valence-electron chi connectivity index (χ2n) is 10.1. The third-order valence-corrected chi connectivity index (χ3v) is 8.57. The molecule has 8 heteroatoms. The minimum atomic E-state index is -3.73. The van der Waals surface area contributed by atoms with E-state index in [4.69, 9.17) is 4.98 Å². The number of aromatic nitrogens is 4. The maximum Gasteiger partial charge on any atom is 0.281 e. The summed E-state index contributed by atoms with van der Waals surface area (Å²) < 4.78 is 31.8. The lowest BCUT2D eigenvalue weighted by atomic mass is 9.88. The normalized spacial score (nSPS) is 16.1. The summed E-state index contributed by atoms with van der Waals surface area (Å²) in [6, 6.07) is 5.80. The number of fused-ring (bicyclic) bond motifs is 1. The molecule has 174 valence electrons. The molecule has 0 N–H and O–H groups in total. The highest BCUT2D eigenvalue weighted by Gasteiger charge is 2.28. The number of sulfonamides is 1. The number of hydrogen-bond acceptors (Lipinski definition) is 4. The first-order chi connectivity index (χ1) is 15.0. The van der Waals surface area contributed by atoms with Crippen molar-refractivity contribution >= 4 is 26.7 Å². The van der Waals surface area contributed by atoms with Crippen LogP contribution in [0.3, 0.4) is 0 Å². The molecule has 0 spiro atoms. The molecule has 7 nitrogen and oxygen atoms in total. The largest absolute Gasteiger partial charge is 0.327 e. The highest BCUT2D eigenvalue weighted by molar-refractivity contribution is 7.92. The second-order valence-corrected chi connectivity index (χ2v) is 12.1. The van der Waals surface area contributed by atoms with Crippen LogP contribution in [0, 0.1) is 12.8 Å². The summed E-state index contributed by atoms with van der Waals surface area (Å²) in [5, 5.41) is 0.177. The van der Waals surface area contributed by atoms with Crippen molar-refractivity contribution in [3.63, 3.8) is 0 Å². The van der Waals surface area contributed by atoms with Crippen LogP contribution in [0.1, 0.15) is 64.5 Å². The van der Waals surface area contributed by atoms with Crippen molar-refractivity contribution in [2.45, 2.75) is 76.8 Å². The van der Waals surface area contributed by atoms with E-state index in [1.54, 1.807) is 25.6 Å². The van der Waals surface area contributed by atoms with E-state index < -0.39 is 10.0 Å². The van der Waals surface area contributed by atoms with Gasteiger partial charge in [0.2, 0.25) is 0 Å². The molecule has 2 heterocycles. The SMILES string of the molecule is Cc1ncc(S(=O)(=O)N(C)c2ccc3c(c2)nc(C(C)(C)C)n3CC2CCCCC2)n1C. The molecule has 2 aromatic heterocycles. The van der Waals surface area contributed by atoms with Gasteiger partial charge in [-0.2, -0.15) is 8.42 Å². The topological polar surface area (TPSA) is 73.0 Å². The molecule has 0 atom stereocenters. The van der Waals surface area contributed by atoms with Gasteiger partial charge in [-0.15, -0.1) is 0 Å². The van der Waals surface area contributed by atoms with E-state index in [0.717, 1.165) is 23.4 Å². The molecule has 3 aromatic rings. The zero-order valence-corrected chi connectivity index (χ0v) is 20.9. The van der Waals surface area contributed by atoms with Gasteiger partial charge in [0.25, 0.3) is 10.0 Å². The molecule has 0 radical (unpaired) electrons. The van der Waals surface area contributed by atoms with Crippen molar-refractivity contribution in [2.24, 2.45) is 13.0 Å². The quantitative estimate of drug-likeness (QED) is 0.553. The van der Waals surface area contributed by atoms with Gasteiger partial charge in [-0.05, 0) is 43.9 Å². The number of hydrogen-bond donors (Lipinski definition) is 0. The molecule has 1 aliphatic carbocycles. The first-order valence-corrected chi connectivity index (χ1v) is 12.9. The average molecular weight is 458 g/mol. The molecule has 4 rings (SSSR count). The predicted octanol–water partition coefficient (Wildman–Crippen LogP) is 4.78. The zero-order valence-electron chi connectivity index (χ0n) is 20.1. The number of imidazole rings is 2. The van der Waals surface area contributed by atoms with Gasteiger partial charge in [-0.1, -0.05) is 40.0 Å². The van der Waals surface area contributed by atoms with Crippen molar-refractivity contribution in [3.05, 3.63) is 36.0 Å². The second kappa shape index (κ2) is 8.21. The standard InChI is InChI=1S/C24H35N5O2S/c1-17-25-15-22(27(17)5)32(30,31)28(6)19-12-13-21-20(14-19)26-23(24(2,3)4)29(21)16-18-10-8-7-9-11-18/h12-15,18H,7-11,16H2,1-6H3. The monoisotopic (exact) mass is 457 g/mol. The Bertz CT molecular complexity index is 1230. The highest BCUT2D eigenvalue weighted by atomic mass is 32.2. The van der Waals surface area contributed by atoms with E-state index in [0.29, 0.717) is 17.4 Å². The molecule has 0 bridgehead atoms. The van der Waals surface area contributed by atoms with Crippen LogP contribution in [0.4, 0.5) is 5.69 Å². The van der Waals surface area contributed by atoms with Gasteiger partial charge in [0, 0.05) is 26.1 Å². The maximum atomic E-state index is 13.2. The van der Waals surface area contributed by atoms with E-state index >= 15 is 0 Å². The molecular formula is C24H35N5O2S. The zero-order chi connectivity index (χ0) is 23.3. The number of rotatable bonds is 5. The molecule has 0 amide bonds. The van der Waals surface area contributed by atoms with Crippen LogP contribution in [0.25, 0.3) is 11.0 Å². The van der Waals surface area contributed by atoms with E-state index in [2.05, 4.69) is 30.3 Å². The fourth-order valence-electron chi connectivity index (χ4n) is 4.70. The van der Waals surface area contributed by atoms with Crippen LogP contribution in [0.15, 0.2) is 29.4 Å². The van der Waals surface area contributed by atoms with E-state index in [1.807, 2.05) is 18.2 Å². The van der Waals surface area contributed by atoms with Gasteiger partial charge in [0.05, 0.1) is 22.9 Å². The summed E-state index contributed by atoms with van der Waals surface area (Å²) in [5.74, 6) is 2.39. The summed E-state index contributed by atoms with van der Waals surface area (Å²) in [6.07, 6.45) is 7.91.